The molecule has 3 nitrogen and oxygen atoms in total. The minimum absolute atomic E-state index is 0.619. The third-order valence-electron chi connectivity index (χ3n) is 3.34. The van der Waals surface area contributed by atoms with Crippen molar-refractivity contribution in [1.29, 1.82) is 5.26 Å². The van der Waals surface area contributed by atoms with E-state index in [0.717, 1.165) is 25.1 Å². The Morgan fingerprint density at radius 3 is 2.45 bits per heavy atom. The van der Waals surface area contributed by atoms with E-state index >= 15 is 0 Å². The molecular weight excluding hydrogens is 246 g/mol. The molecule has 0 heterocycles. The highest BCUT2D eigenvalue weighted by molar-refractivity contribution is 5.68. The average Bonchev–Trinajstić information content (AvgIpc) is 2.50. The molecule has 3 N–H and O–H groups in total. The molecule has 102 valence electrons. The van der Waals surface area contributed by atoms with Crippen molar-refractivity contribution in [2.45, 2.75) is 19.8 Å². The predicted octanol–water partition coefficient (Wildman–Crippen LogP) is 3.36. The fourth-order valence-electron chi connectivity index (χ4n) is 2.06. The molecule has 0 saturated carbocycles. The van der Waals surface area contributed by atoms with E-state index in [0.29, 0.717) is 11.3 Å². The number of nitrogens with one attached hydrogen (secondary N) is 1. The van der Waals surface area contributed by atoms with Crippen LogP contribution in [0.15, 0.2) is 42.5 Å². The van der Waals surface area contributed by atoms with E-state index in [9.17, 15) is 0 Å². The van der Waals surface area contributed by atoms with Gasteiger partial charge in [0.1, 0.15) is 0 Å². The fourth-order valence-corrected chi connectivity index (χ4v) is 2.06. The highest BCUT2D eigenvalue weighted by Gasteiger charge is 2.01. The van der Waals surface area contributed by atoms with Crippen LogP contribution in [-0.2, 0) is 12.8 Å². The van der Waals surface area contributed by atoms with Gasteiger partial charge in [0, 0.05) is 6.54 Å². The van der Waals surface area contributed by atoms with E-state index in [-0.39, 0.29) is 0 Å². The summed E-state index contributed by atoms with van der Waals surface area (Å²) in [6.07, 6.45) is 2.00. The first kappa shape index (κ1) is 14.0. The summed E-state index contributed by atoms with van der Waals surface area (Å²) in [4.78, 5) is 0. The molecule has 20 heavy (non-hydrogen) atoms. The van der Waals surface area contributed by atoms with Crippen molar-refractivity contribution in [3.05, 3.63) is 59.2 Å². The van der Waals surface area contributed by atoms with Crippen LogP contribution in [0.2, 0.25) is 0 Å². The molecule has 0 aromatic heterocycles. The number of nitrogens with zero attached hydrogens (tertiary/aromatic N) is 1. The van der Waals surface area contributed by atoms with Crippen molar-refractivity contribution in [3.8, 4) is 6.07 Å². The molecule has 0 atom stereocenters. The molecule has 0 aliphatic rings. The standard InChI is InChI=1S/C17H19N3/c1-2-13-3-5-14(6-4-13)9-10-20-17-11-15(12-18)7-8-16(17)19/h3-8,11,20H,2,9-10,19H2,1H3. The lowest BCUT2D eigenvalue weighted by atomic mass is 10.1. The number of hydrogen-bond donors (Lipinski definition) is 2. The van der Waals surface area contributed by atoms with Gasteiger partial charge in [0.25, 0.3) is 0 Å². The lowest BCUT2D eigenvalue weighted by molar-refractivity contribution is 1.01. The number of hydrogen-bond acceptors (Lipinski definition) is 3. The van der Waals surface area contributed by atoms with Gasteiger partial charge in [-0.1, -0.05) is 31.2 Å². The van der Waals surface area contributed by atoms with Gasteiger partial charge in [0.15, 0.2) is 0 Å². The zero-order valence-corrected chi connectivity index (χ0v) is 11.7. The first-order valence-corrected chi connectivity index (χ1v) is 6.84. The second-order valence-corrected chi connectivity index (χ2v) is 4.76. The van der Waals surface area contributed by atoms with Gasteiger partial charge >= 0.3 is 0 Å². The molecule has 0 radical (unpaired) electrons. The van der Waals surface area contributed by atoms with Crippen LogP contribution in [0, 0.1) is 11.3 Å². The Hall–Kier alpha value is -2.47. The maximum Gasteiger partial charge on any atom is 0.0992 e. The molecule has 0 bridgehead atoms. The third kappa shape index (κ3) is 3.52. The third-order valence-corrected chi connectivity index (χ3v) is 3.34. The van der Waals surface area contributed by atoms with Gasteiger partial charge in [0.05, 0.1) is 23.0 Å². The Kier molecular flexibility index (Phi) is 4.62. The molecule has 2 aromatic carbocycles. The fraction of sp³-hybridized carbons (Fsp3) is 0.235. The van der Waals surface area contributed by atoms with Crippen LogP contribution in [0.3, 0.4) is 0 Å². The maximum absolute atomic E-state index is 8.89. The van der Waals surface area contributed by atoms with E-state index in [2.05, 4.69) is 42.6 Å². The number of aryl methyl sites for hydroxylation is 1. The Morgan fingerprint density at radius 2 is 1.80 bits per heavy atom. The molecule has 0 unspecified atom stereocenters. The highest BCUT2D eigenvalue weighted by atomic mass is 14.9. The molecule has 2 rings (SSSR count). The first-order chi connectivity index (χ1) is 9.72. The number of rotatable bonds is 5. The van der Waals surface area contributed by atoms with Crippen LogP contribution in [0.25, 0.3) is 0 Å². The van der Waals surface area contributed by atoms with Crippen LogP contribution in [0.5, 0.6) is 0 Å². The molecule has 0 saturated heterocycles. The smallest absolute Gasteiger partial charge is 0.0992 e. The quantitative estimate of drug-likeness (QED) is 0.815. The zero-order chi connectivity index (χ0) is 14.4. The molecule has 0 aliphatic heterocycles. The topological polar surface area (TPSA) is 61.8 Å². The number of nitriles is 1. The van der Waals surface area contributed by atoms with Gasteiger partial charge in [-0.05, 0) is 42.2 Å². The molecule has 0 spiro atoms. The largest absolute Gasteiger partial charge is 0.397 e. The SMILES string of the molecule is CCc1ccc(CCNc2cc(C#N)ccc2N)cc1. The van der Waals surface area contributed by atoms with Gasteiger partial charge in [0.2, 0.25) is 0 Å². The van der Waals surface area contributed by atoms with Crippen LogP contribution >= 0.6 is 0 Å². The molecule has 0 amide bonds. The summed E-state index contributed by atoms with van der Waals surface area (Å²) in [6, 6.07) is 16.1. The van der Waals surface area contributed by atoms with Gasteiger partial charge in [-0.3, -0.25) is 0 Å². The Balaban J connectivity index is 1.94. The summed E-state index contributed by atoms with van der Waals surface area (Å²) in [5.74, 6) is 0. The normalized spacial score (nSPS) is 10.0. The number of benzene rings is 2. The minimum Gasteiger partial charge on any atom is -0.397 e. The second kappa shape index (κ2) is 6.63. The number of nitrogens with two attached hydrogens (primary N) is 1. The van der Waals surface area contributed by atoms with Crippen molar-refractivity contribution >= 4 is 11.4 Å². The van der Waals surface area contributed by atoms with Crippen molar-refractivity contribution in [1.82, 2.24) is 0 Å². The molecule has 0 fully saturated rings. The first-order valence-electron chi connectivity index (χ1n) is 6.84. The highest BCUT2D eigenvalue weighted by Crippen LogP contribution is 2.19. The summed E-state index contributed by atoms with van der Waals surface area (Å²) in [6.45, 7) is 2.95. The monoisotopic (exact) mass is 265 g/mol. The van der Waals surface area contributed by atoms with Crippen LogP contribution in [-0.4, -0.2) is 6.54 Å². The van der Waals surface area contributed by atoms with Gasteiger partial charge < -0.3 is 11.1 Å². The van der Waals surface area contributed by atoms with E-state index in [4.69, 9.17) is 11.0 Å². The number of anilines is 2. The molecule has 3 heteroatoms. The van der Waals surface area contributed by atoms with E-state index in [1.165, 1.54) is 11.1 Å². The Bertz CT molecular complexity index is 609. The summed E-state index contributed by atoms with van der Waals surface area (Å²) in [5.41, 5.74) is 10.7. The Labute approximate surface area is 120 Å². The summed E-state index contributed by atoms with van der Waals surface area (Å²) >= 11 is 0. The predicted molar refractivity (Wildman–Crippen MR) is 83.6 cm³/mol. The zero-order valence-electron chi connectivity index (χ0n) is 11.7. The van der Waals surface area contributed by atoms with E-state index in [1.807, 2.05) is 0 Å². The van der Waals surface area contributed by atoms with Crippen LogP contribution in [0.1, 0.15) is 23.6 Å². The second-order valence-electron chi connectivity index (χ2n) is 4.76. The Morgan fingerprint density at radius 1 is 1.10 bits per heavy atom. The summed E-state index contributed by atoms with van der Waals surface area (Å²) < 4.78 is 0. The van der Waals surface area contributed by atoms with Crippen LogP contribution < -0.4 is 11.1 Å². The average molecular weight is 265 g/mol. The van der Waals surface area contributed by atoms with Crippen LogP contribution in [0.4, 0.5) is 11.4 Å². The summed E-state index contributed by atoms with van der Waals surface area (Å²) in [5, 5.41) is 12.2. The van der Waals surface area contributed by atoms with E-state index < -0.39 is 0 Å². The minimum atomic E-state index is 0.619. The van der Waals surface area contributed by atoms with Crippen molar-refractivity contribution < 1.29 is 0 Å². The summed E-state index contributed by atoms with van der Waals surface area (Å²) in [7, 11) is 0. The number of nitrogen functional groups attached to an aromatic ring is 1. The van der Waals surface area contributed by atoms with Crippen molar-refractivity contribution in [2.75, 3.05) is 17.6 Å². The molecule has 2 aromatic rings. The van der Waals surface area contributed by atoms with Crippen molar-refractivity contribution in [3.63, 3.8) is 0 Å². The van der Waals surface area contributed by atoms with Gasteiger partial charge in [-0.2, -0.15) is 5.26 Å². The lowest BCUT2D eigenvalue weighted by Crippen LogP contribution is -2.07. The molecular formula is C17H19N3. The van der Waals surface area contributed by atoms with E-state index in [1.54, 1.807) is 18.2 Å². The molecule has 0 aliphatic carbocycles. The van der Waals surface area contributed by atoms with Gasteiger partial charge in [-0.25, -0.2) is 0 Å². The van der Waals surface area contributed by atoms with Gasteiger partial charge in [-0.15, -0.1) is 0 Å². The van der Waals surface area contributed by atoms with Crippen molar-refractivity contribution in [2.24, 2.45) is 0 Å². The lowest BCUT2D eigenvalue weighted by Gasteiger charge is -2.10. The maximum atomic E-state index is 8.89.